The number of rotatable bonds is 7. The van der Waals surface area contributed by atoms with Gasteiger partial charge in [-0.3, -0.25) is 4.68 Å². The van der Waals surface area contributed by atoms with Crippen molar-refractivity contribution in [3.63, 3.8) is 0 Å². The smallest absolute Gasteiger partial charge is 0.0640 e. The van der Waals surface area contributed by atoms with Crippen LogP contribution in [0.25, 0.3) is 0 Å². The molecule has 19 heavy (non-hydrogen) atoms. The molecule has 0 amide bonds. The molecular weight excluding hydrogens is 240 g/mol. The number of aliphatic hydroxyl groups excluding tert-OH is 1. The lowest BCUT2D eigenvalue weighted by molar-refractivity contribution is 0.211. The molecule has 2 N–H and O–H groups in total. The SMILES string of the molecule is CN1CCC(CCNCc2cnn(CCO)c2)CC1. The molecule has 1 saturated heterocycles. The Bertz CT molecular complexity index is 358. The highest BCUT2D eigenvalue weighted by Gasteiger charge is 2.15. The maximum atomic E-state index is 8.83. The maximum absolute atomic E-state index is 8.83. The van der Waals surface area contributed by atoms with E-state index in [-0.39, 0.29) is 6.61 Å². The average Bonchev–Trinajstić information content (AvgIpc) is 2.85. The lowest BCUT2D eigenvalue weighted by Gasteiger charge is -2.28. The van der Waals surface area contributed by atoms with E-state index in [1.165, 1.54) is 37.9 Å². The van der Waals surface area contributed by atoms with E-state index in [9.17, 15) is 0 Å². The van der Waals surface area contributed by atoms with Crippen molar-refractivity contribution in [1.82, 2.24) is 20.0 Å². The number of aliphatic hydroxyl groups is 1. The van der Waals surface area contributed by atoms with Gasteiger partial charge in [0.05, 0.1) is 19.3 Å². The van der Waals surface area contributed by atoms with Crippen LogP contribution >= 0.6 is 0 Å². The number of piperidine rings is 1. The van der Waals surface area contributed by atoms with Crippen LogP contribution < -0.4 is 5.32 Å². The first-order valence-electron chi connectivity index (χ1n) is 7.29. The third kappa shape index (κ3) is 4.93. The minimum Gasteiger partial charge on any atom is -0.394 e. The second-order valence-corrected chi connectivity index (χ2v) is 5.55. The maximum Gasteiger partial charge on any atom is 0.0640 e. The van der Waals surface area contributed by atoms with Gasteiger partial charge in [0.2, 0.25) is 0 Å². The number of nitrogens with one attached hydrogen (secondary N) is 1. The lowest BCUT2D eigenvalue weighted by Crippen LogP contribution is -2.31. The van der Waals surface area contributed by atoms with Gasteiger partial charge in [-0.15, -0.1) is 0 Å². The van der Waals surface area contributed by atoms with Crippen molar-refractivity contribution in [1.29, 1.82) is 0 Å². The Morgan fingerprint density at radius 3 is 2.95 bits per heavy atom. The molecule has 0 spiro atoms. The van der Waals surface area contributed by atoms with Gasteiger partial charge in [0, 0.05) is 18.3 Å². The summed E-state index contributed by atoms with van der Waals surface area (Å²) in [5, 5.41) is 16.5. The van der Waals surface area contributed by atoms with Crippen LogP contribution in [-0.2, 0) is 13.1 Å². The molecule has 0 saturated carbocycles. The fraction of sp³-hybridized carbons (Fsp3) is 0.786. The number of aromatic nitrogens is 2. The molecule has 0 bridgehead atoms. The molecular formula is C14H26N4O. The lowest BCUT2D eigenvalue weighted by atomic mass is 9.94. The molecule has 1 aliphatic rings. The van der Waals surface area contributed by atoms with E-state index >= 15 is 0 Å². The molecule has 0 unspecified atom stereocenters. The fourth-order valence-electron chi connectivity index (χ4n) is 2.61. The Kier molecular flexibility index (Phi) is 5.82. The third-order valence-electron chi connectivity index (χ3n) is 3.91. The summed E-state index contributed by atoms with van der Waals surface area (Å²) in [4.78, 5) is 2.42. The van der Waals surface area contributed by atoms with Crippen molar-refractivity contribution in [2.24, 2.45) is 5.92 Å². The first kappa shape index (κ1) is 14.5. The van der Waals surface area contributed by atoms with E-state index in [0.717, 1.165) is 19.0 Å². The average molecular weight is 266 g/mol. The molecule has 1 aromatic rings. The van der Waals surface area contributed by atoms with Gasteiger partial charge in [0.1, 0.15) is 0 Å². The van der Waals surface area contributed by atoms with Gasteiger partial charge >= 0.3 is 0 Å². The zero-order valence-electron chi connectivity index (χ0n) is 11.9. The van der Waals surface area contributed by atoms with Crippen LogP contribution in [0.3, 0.4) is 0 Å². The van der Waals surface area contributed by atoms with E-state index in [0.29, 0.717) is 6.54 Å². The van der Waals surface area contributed by atoms with Gasteiger partial charge in [0.15, 0.2) is 0 Å². The summed E-state index contributed by atoms with van der Waals surface area (Å²) < 4.78 is 1.79. The standard InChI is InChI=1S/C14H26N4O/c1-17-6-3-13(4-7-17)2-5-15-10-14-11-16-18(12-14)8-9-19/h11-13,15,19H,2-10H2,1H3. The molecule has 0 aliphatic carbocycles. The summed E-state index contributed by atoms with van der Waals surface area (Å²) in [7, 11) is 2.21. The molecule has 5 nitrogen and oxygen atoms in total. The van der Waals surface area contributed by atoms with Gasteiger partial charge in [-0.25, -0.2) is 0 Å². The molecule has 0 radical (unpaired) electrons. The van der Waals surface area contributed by atoms with Gasteiger partial charge in [-0.2, -0.15) is 5.10 Å². The quantitative estimate of drug-likeness (QED) is 0.713. The summed E-state index contributed by atoms with van der Waals surface area (Å²) >= 11 is 0. The van der Waals surface area contributed by atoms with Crippen LogP contribution in [-0.4, -0.2) is 53.1 Å². The summed E-state index contributed by atoms with van der Waals surface area (Å²) in [6.45, 7) is 5.18. The molecule has 0 atom stereocenters. The molecule has 1 aromatic heterocycles. The third-order valence-corrected chi connectivity index (χ3v) is 3.91. The van der Waals surface area contributed by atoms with Crippen molar-refractivity contribution in [2.75, 3.05) is 33.3 Å². The minimum atomic E-state index is 0.144. The normalized spacial score (nSPS) is 18.0. The molecule has 2 heterocycles. The first-order valence-corrected chi connectivity index (χ1v) is 7.29. The van der Waals surface area contributed by atoms with Crippen molar-refractivity contribution >= 4 is 0 Å². The summed E-state index contributed by atoms with van der Waals surface area (Å²) in [6, 6.07) is 0. The van der Waals surface area contributed by atoms with Crippen LogP contribution in [0.1, 0.15) is 24.8 Å². The zero-order chi connectivity index (χ0) is 13.5. The first-order chi connectivity index (χ1) is 9.28. The zero-order valence-corrected chi connectivity index (χ0v) is 11.9. The van der Waals surface area contributed by atoms with E-state index in [1.807, 2.05) is 12.4 Å². The Labute approximate surface area is 115 Å². The second-order valence-electron chi connectivity index (χ2n) is 5.55. The van der Waals surface area contributed by atoms with Crippen molar-refractivity contribution in [3.8, 4) is 0 Å². The highest BCUT2D eigenvalue weighted by molar-refractivity contribution is 5.03. The second kappa shape index (κ2) is 7.62. The van der Waals surface area contributed by atoms with Gasteiger partial charge < -0.3 is 15.3 Å². The van der Waals surface area contributed by atoms with Gasteiger partial charge in [-0.05, 0) is 51.9 Å². The molecule has 1 fully saturated rings. The molecule has 108 valence electrons. The Morgan fingerprint density at radius 2 is 2.21 bits per heavy atom. The molecule has 5 heteroatoms. The predicted molar refractivity (Wildman–Crippen MR) is 75.9 cm³/mol. The summed E-state index contributed by atoms with van der Waals surface area (Å²) in [5.41, 5.74) is 1.19. The van der Waals surface area contributed by atoms with Gasteiger partial charge in [-0.1, -0.05) is 0 Å². The van der Waals surface area contributed by atoms with Crippen LogP contribution in [0.5, 0.6) is 0 Å². The van der Waals surface area contributed by atoms with E-state index < -0.39 is 0 Å². The molecule has 2 rings (SSSR count). The summed E-state index contributed by atoms with van der Waals surface area (Å²) in [6.07, 6.45) is 7.83. The Balaban J connectivity index is 1.58. The van der Waals surface area contributed by atoms with Crippen LogP contribution in [0.2, 0.25) is 0 Å². The van der Waals surface area contributed by atoms with E-state index in [1.54, 1.807) is 4.68 Å². The van der Waals surface area contributed by atoms with Crippen LogP contribution in [0.4, 0.5) is 0 Å². The summed E-state index contributed by atoms with van der Waals surface area (Å²) in [5.74, 6) is 0.890. The van der Waals surface area contributed by atoms with E-state index in [4.69, 9.17) is 5.11 Å². The minimum absolute atomic E-state index is 0.144. The molecule has 1 aliphatic heterocycles. The Hall–Kier alpha value is -0.910. The van der Waals surface area contributed by atoms with Crippen molar-refractivity contribution < 1.29 is 5.11 Å². The van der Waals surface area contributed by atoms with Crippen LogP contribution in [0, 0.1) is 5.92 Å². The van der Waals surface area contributed by atoms with Crippen LogP contribution in [0.15, 0.2) is 12.4 Å². The highest BCUT2D eigenvalue weighted by Crippen LogP contribution is 2.18. The number of likely N-dealkylation sites (tertiary alicyclic amines) is 1. The highest BCUT2D eigenvalue weighted by atomic mass is 16.3. The number of hydrogen-bond donors (Lipinski definition) is 2. The number of nitrogens with zero attached hydrogens (tertiary/aromatic N) is 3. The molecule has 0 aromatic carbocycles. The van der Waals surface area contributed by atoms with Gasteiger partial charge in [0.25, 0.3) is 0 Å². The van der Waals surface area contributed by atoms with E-state index in [2.05, 4.69) is 22.4 Å². The topological polar surface area (TPSA) is 53.3 Å². The Morgan fingerprint density at radius 1 is 1.42 bits per heavy atom. The predicted octanol–water partition coefficient (Wildman–Crippen LogP) is 0.697. The van der Waals surface area contributed by atoms with Crippen molar-refractivity contribution in [3.05, 3.63) is 18.0 Å². The number of hydrogen-bond acceptors (Lipinski definition) is 4. The van der Waals surface area contributed by atoms with Crippen molar-refractivity contribution in [2.45, 2.75) is 32.4 Å². The fourth-order valence-corrected chi connectivity index (χ4v) is 2.61. The monoisotopic (exact) mass is 266 g/mol. The largest absolute Gasteiger partial charge is 0.394 e.